The minimum absolute atomic E-state index is 0.0628. The fraction of sp³-hybridized carbons (Fsp3) is 0.538. The van der Waals surface area contributed by atoms with Gasteiger partial charge < -0.3 is 9.79 Å². The van der Waals surface area contributed by atoms with Gasteiger partial charge in [0.2, 0.25) is 0 Å². The van der Waals surface area contributed by atoms with Crippen LogP contribution in [-0.4, -0.2) is 16.4 Å². The van der Waals surface area contributed by atoms with E-state index in [1.165, 1.54) is 11.1 Å². The standard InChI is InChI=1S/C13H19O4P/c1-10-5-6-12-11(8-10)4-3-7-13(12,2)9-17-18(14,15)16/h5-6,8H,3-4,7,9H2,1-2H3,(H2,14,15,16). The van der Waals surface area contributed by atoms with Gasteiger partial charge in [-0.1, -0.05) is 30.7 Å². The van der Waals surface area contributed by atoms with E-state index < -0.39 is 7.82 Å². The summed E-state index contributed by atoms with van der Waals surface area (Å²) in [6.07, 6.45) is 2.95. The first-order valence-electron chi connectivity index (χ1n) is 6.10. The van der Waals surface area contributed by atoms with Crippen molar-refractivity contribution in [3.05, 3.63) is 34.9 Å². The van der Waals surface area contributed by atoms with E-state index in [-0.39, 0.29) is 12.0 Å². The number of fused-ring (bicyclic) bond motifs is 1. The van der Waals surface area contributed by atoms with Crippen LogP contribution in [0.5, 0.6) is 0 Å². The molecule has 0 heterocycles. The maximum absolute atomic E-state index is 10.9. The number of phosphoric acid groups is 1. The quantitative estimate of drug-likeness (QED) is 0.829. The summed E-state index contributed by atoms with van der Waals surface area (Å²) >= 11 is 0. The molecule has 1 atom stereocenters. The first kappa shape index (κ1) is 13.8. The molecule has 1 aromatic carbocycles. The predicted molar refractivity (Wildman–Crippen MR) is 69.5 cm³/mol. The van der Waals surface area contributed by atoms with Gasteiger partial charge in [-0.25, -0.2) is 4.57 Å². The van der Waals surface area contributed by atoms with E-state index in [4.69, 9.17) is 14.3 Å². The predicted octanol–water partition coefficient (Wildman–Crippen LogP) is 2.70. The Kier molecular flexibility index (Phi) is 3.65. The molecule has 5 heteroatoms. The summed E-state index contributed by atoms with van der Waals surface area (Å²) in [7, 11) is -4.40. The third-order valence-corrected chi connectivity index (χ3v) is 4.10. The Balaban J connectivity index is 2.28. The average Bonchev–Trinajstić information content (AvgIpc) is 2.26. The van der Waals surface area contributed by atoms with E-state index in [1.807, 2.05) is 13.0 Å². The molecule has 100 valence electrons. The largest absolute Gasteiger partial charge is 0.469 e. The van der Waals surface area contributed by atoms with Gasteiger partial charge in [0.05, 0.1) is 6.61 Å². The van der Waals surface area contributed by atoms with Gasteiger partial charge in [0.15, 0.2) is 0 Å². The third-order valence-electron chi connectivity index (χ3n) is 3.64. The fourth-order valence-corrected chi connectivity index (χ4v) is 3.15. The molecule has 0 aromatic heterocycles. The van der Waals surface area contributed by atoms with E-state index in [0.29, 0.717) is 0 Å². The Bertz CT molecular complexity index is 494. The number of hydrogen-bond donors (Lipinski definition) is 2. The number of aryl methyl sites for hydroxylation is 2. The van der Waals surface area contributed by atoms with Crippen LogP contribution < -0.4 is 0 Å². The Morgan fingerprint density at radius 3 is 2.83 bits per heavy atom. The van der Waals surface area contributed by atoms with Gasteiger partial charge in [-0.2, -0.15) is 0 Å². The molecule has 0 aliphatic heterocycles. The van der Waals surface area contributed by atoms with E-state index >= 15 is 0 Å². The summed E-state index contributed by atoms with van der Waals surface area (Å²) in [6, 6.07) is 6.26. The molecule has 0 saturated heterocycles. The number of phosphoric ester groups is 1. The Morgan fingerprint density at radius 1 is 1.44 bits per heavy atom. The normalized spacial score (nSPS) is 23.8. The Hall–Kier alpha value is -0.670. The van der Waals surface area contributed by atoms with Gasteiger partial charge in [0.25, 0.3) is 0 Å². The van der Waals surface area contributed by atoms with Crippen molar-refractivity contribution in [3.8, 4) is 0 Å². The molecule has 1 aliphatic rings. The maximum atomic E-state index is 10.9. The Morgan fingerprint density at radius 2 is 2.17 bits per heavy atom. The monoisotopic (exact) mass is 270 g/mol. The van der Waals surface area contributed by atoms with Gasteiger partial charge >= 0.3 is 7.82 Å². The number of rotatable bonds is 3. The van der Waals surface area contributed by atoms with E-state index in [9.17, 15) is 4.57 Å². The first-order valence-corrected chi connectivity index (χ1v) is 7.63. The van der Waals surface area contributed by atoms with Gasteiger partial charge in [0, 0.05) is 5.41 Å². The summed E-state index contributed by atoms with van der Waals surface area (Å²) in [5, 5.41) is 0. The van der Waals surface area contributed by atoms with Gasteiger partial charge in [0.1, 0.15) is 0 Å². The van der Waals surface area contributed by atoms with Crippen molar-refractivity contribution in [2.24, 2.45) is 0 Å². The van der Waals surface area contributed by atoms with Crippen LogP contribution in [0, 0.1) is 6.92 Å². The van der Waals surface area contributed by atoms with Crippen molar-refractivity contribution >= 4 is 7.82 Å². The molecular formula is C13H19O4P. The minimum atomic E-state index is -4.40. The molecule has 2 rings (SSSR count). The first-order chi connectivity index (χ1) is 8.30. The van der Waals surface area contributed by atoms with Crippen LogP contribution in [0.2, 0.25) is 0 Å². The highest BCUT2D eigenvalue weighted by atomic mass is 31.2. The van der Waals surface area contributed by atoms with Gasteiger partial charge in [-0.3, -0.25) is 4.52 Å². The molecule has 0 amide bonds. The van der Waals surface area contributed by atoms with E-state index in [0.717, 1.165) is 24.8 Å². The zero-order chi connectivity index (χ0) is 13.4. The summed E-state index contributed by atoms with van der Waals surface area (Å²) in [4.78, 5) is 17.7. The van der Waals surface area contributed by atoms with Crippen LogP contribution in [0.4, 0.5) is 0 Å². The van der Waals surface area contributed by atoms with Crippen LogP contribution in [0.15, 0.2) is 18.2 Å². The zero-order valence-corrected chi connectivity index (χ0v) is 11.6. The van der Waals surface area contributed by atoms with Crippen molar-refractivity contribution in [1.29, 1.82) is 0 Å². The highest BCUT2D eigenvalue weighted by Gasteiger charge is 2.34. The lowest BCUT2D eigenvalue weighted by Crippen LogP contribution is -2.32. The molecular weight excluding hydrogens is 251 g/mol. The number of hydrogen-bond acceptors (Lipinski definition) is 2. The fourth-order valence-electron chi connectivity index (χ4n) is 2.70. The minimum Gasteiger partial charge on any atom is -0.303 e. The van der Waals surface area contributed by atoms with Gasteiger partial charge in [-0.05, 0) is 37.3 Å². The van der Waals surface area contributed by atoms with E-state index in [2.05, 4.69) is 19.1 Å². The average molecular weight is 270 g/mol. The summed E-state index contributed by atoms with van der Waals surface area (Å²) in [5.41, 5.74) is 3.35. The SMILES string of the molecule is Cc1ccc2c(c1)CCCC2(C)COP(=O)(O)O. The third kappa shape index (κ3) is 3.01. The molecule has 0 fully saturated rings. The molecule has 1 aliphatic carbocycles. The molecule has 1 aromatic rings. The molecule has 2 N–H and O–H groups in total. The molecule has 0 bridgehead atoms. The maximum Gasteiger partial charge on any atom is 0.469 e. The second-order valence-corrected chi connectivity index (χ2v) is 6.58. The lowest BCUT2D eigenvalue weighted by molar-refractivity contribution is 0.147. The second-order valence-electron chi connectivity index (χ2n) is 5.34. The molecule has 0 spiro atoms. The zero-order valence-electron chi connectivity index (χ0n) is 10.7. The smallest absolute Gasteiger partial charge is 0.303 e. The van der Waals surface area contributed by atoms with Gasteiger partial charge in [-0.15, -0.1) is 0 Å². The highest BCUT2D eigenvalue weighted by Crippen LogP contribution is 2.43. The van der Waals surface area contributed by atoms with E-state index in [1.54, 1.807) is 0 Å². The van der Waals surface area contributed by atoms with Crippen molar-refractivity contribution < 1.29 is 18.9 Å². The summed E-state index contributed by atoms with van der Waals surface area (Å²) in [5.74, 6) is 0. The second kappa shape index (κ2) is 4.78. The van der Waals surface area contributed by atoms with Crippen LogP contribution in [0.25, 0.3) is 0 Å². The van der Waals surface area contributed by atoms with Crippen LogP contribution in [0.1, 0.15) is 36.5 Å². The lowest BCUT2D eigenvalue weighted by Gasteiger charge is -2.36. The van der Waals surface area contributed by atoms with Crippen molar-refractivity contribution in [2.75, 3.05) is 6.61 Å². The number of benzene rings is 1. The van der Waals surface area contributed by atoms with Crippen molar-refractivity contribution in [3.63, 3.8) is 0 Å². The van der Waals surface area contributed by atoms with Crippen LogP contribution >= 0.6 is 7.82 Å². The lowest BCUT2D eigenvalue weighted by atomic mass is 9.71. The molecule has 0 radical (unpaired) electrons. The molecule has 1 unspecified atom stereocenters. The van der Waals surface area contributed by atoms with Crippen molar-refractivity contribution in [1.82, 2.24) is 0 Å². The Labute approximate surface area is 107 Å². The topological polar surface area (TPSA) is 66.8 Å². The van der Waals surface area contributed by atoms with Crippen LogP contribution in [-0.2, 0) is 20.9 Å². The van der Waals surface area contributed by atoms with Crippen molar-refractivity contribution in [2.45, 2.75) is 38.5 Å². The van der Waals surface area contributed by atoms with Crippen LogP contribution in [0.3, 0.4) is 0 Å². The summed E-state index contributed by atoms with van der Waals surface area (Å²) in [6.45, 7) is 4.13. The molecule has 0 saturated carbocycles. The molecule has 18 heavy (non-hydrogen) atoms. The highest BCUT2D eigenvalue weighted by molar-refractivity contribution is 7.46. The summed E-state index contributed by atoms with van der Waals surface area (Å²) < 4.78 is 15.6. The molecule has 4 nitrogen and oxygen atoms in total.